The second kappa shape index (κ2) is 17.7. The van der Waals surface area contributed by atoms with E-state index < -0.39 is 90.9 Å². The van der Waals surface area contributed by atoms with Crippen LogP contribution in [-0.4, -0.2) is 100 Å². The Balaban J connectivity index is 2.98. The maximum atomic E-state index is 13.0. The molecule has 0 radical (unpaired) electrons. The standard InChI is InChI=1S/C23H37N7O10S/c24-8-2-1-3-11(19(25)36)27-23(40)15(10-41)30-22(39)14(9-18(34)35)29-21(38)13(5-7-17(32)33)28-20(37)12-4-6-16(31)26-12/h11-15,41H,1-10,24H2,(H2,25,36)(H,26,31)(H,27,40)(H,28,37)(H,29,38)(H,30,39)(H,32,33)(H,34,35)/t11-,12-,13-,14-,15-/m0/s1. The Hall–Kier alpha value is -3.93. The summed E-state index contributed by atoms with van der Waals surface area (Å²) in [5.74, 6) is -8.01. The molecule has 0 spiro atoms. The fourth-order valence-electron chi connectivity index (χ4n) is 3.79. The lowest BCUT2D eigenvalue weighted by Gasteiger charge is -2.25. The van der Waals surface area contributed by atoms with Gasteiger partial charge in [-0.1, -0.05) is 0 Å². The van der Waals surface area contributed by atoms with E-state index in [-0.39, 0.29) is 30.9 Å². The van der Waals surface area contributed by atoms with Crippen molar-refractivity contribution in [2.24, 2.45) is 11.5 Å². The molecule has 17 nitrogen and oxygen atoms in total. The number of hydrogen-bond acceptors (Lipinski definition) is 10. The first-order valence-electron chi connectivity index (χ1n) is 12.8. The molecule has 41 heavy (non-hydrogen) atoms. The fourth-order valence-corrected chi connectivity index (χ4v) is 4.05. The van der Waals surface area contributed by atoms with E-state index in [2.05, 4.69) is 39.2 Å². The van der Waals surface area contributed by atoms with E-state index in [9.17, 15) is 43.5 Å². The molecule has 1 heterocycles. The summed E-state index contributed by atoms with van der Waals surface area (Å²) in [6, 6.07) is -6.61. The van der Waals surface area contributed by atoms with Gasteiger partial charge in [0.25, 0.3) is 0 Å². The van der Waals surface area contributed by atoms with Crippen LogP contribution >= 0.6 is 12.6 Å². The summed E-state index contributed by atoms with van der Waals surface area (Å²) in [6.07, 6.45) is -0.406. The van der Waals surface area contributed by atoms with Crippen LogP contribution in [0.1, 0.15) is 51.4 Å². The van der Waals surface area contributed by atoms with E-state index >= 15 is 0 Å². The summed E-state index contributed by atoms with van der Waals surface area (Å²) in [7, 11) is 0. The number of amides is 6. The van der Waals surface area contributed by atoms with Crippen molar-refractivity contribution in [3.63, 3.8) is 0 Å². The number of primary amides is 1. The van der Waals surface area contributed by atoms with Crippen LogP contribution in [0.3, 0.4) is 0 Å². The number of carboxylic acid groups (broad SMARTS) is 2. The minimum Gasteiger partial charge on any atom is -0.481 e. The third-order valence-corrected chi connectivity index (χ3v) is 6.39. The number of nitrogens with two attached hydrogens (primary N) is 2. The minimum atomic E-state index is -1.75. The Kier molecular flexibility index (Phi) is 15.1. The fraction of sp³-hybridized carbons (Fsp3) is 0.652. The van der Waals surface area contributed by atoms with Gasteiger partial charge in [-0.25, -0.2) is 0 Å². The molecule has 0 aromatic heterocycles. The molecular formula is C23H37N7O10S. The van der Waals surface area contributed by atoms with E-state index in [1.54, 1.807) is 0 Å². The Bertz CT molecular complexity index is 1010. The van der Waals surface area contributed by atoms with Gasteiger partial charge in [-0.05, 0) is 38.6 Å². The highest BCUT2D eigenvalue weighted by Gasteiger charge is 2.34. The average Bonchev–Trinajstić information content (AvgIpc) is 3.34. The second-order valence-electron chi connectivity index (χ2n) is 9.30. The zero-order valence-electron chi connectivity index (χ0n) is 22.2. The molecule has 230 valence electrons. The molecule has 18 heteroatoms. The number of carbonyl (C=O) groups is 8. The van der Waals surface area contributed by atoms with Crippen LogP contribution in [0.15, 0.2) is 0 Å². The quantitative estimate of drug-likeness (QED) is 0.0502. The van der Waals surface area contributed by atoms with Crippen LogP contribution in [0, 0.1) is 0 Å². The molecule has 1 aliphatic heterocycles. The van der Waals surface area contributed by atoms with Crippen molar-refractivity contribution < 1.29 is 48.6 Å². The molecule has 0 aromatic carbocycles. The average molecular weight is 604 g/mol. The molecule has 0 saturated carbocycles. The Morgan fingerprint density at radius 3 is 1.95 bits per heavy atom. The zero-order valence-corrected chi connectivity index (χ0v) is 23.1. The topological polar surface area (TPSA) is 289 Å². The SMILES string of the molecule is NCCCC[C@H](NC(=O)[C@H](CS)NC(=O)[C@H](CC(=O)O)NC(=O)[C@H](CCC(=O)O)NC(=O)[C@@H]1CCC(=O)N1)C(N)=O. The molecule has 1 saturated heterocycles. The first-order chi connectivity index (χ1) is 19.3. The van der Waals surface area contributed by atoms with Crippen molar-refractivity contribution in [1.82, 2.24) is 26.6 Å². The highest BCUT2D eigenvalue weighted by Crippen LogP contribution is 2.09. The Labute approximate surface area is 240 Å². The van der Waals surface area contributed by atoms with Gasteiger partial charge >= 0.3 is 11.9 Å². The van der Waals surface area contributed by atoms with E-state index in [0.717, 1.165) is 0 Å². The predicted octanol–water partition coefficient (Wildman–Crippen LogP) is -3.91. The molecule has 1 rings (SSSR count). The number of rotatable bonds is 19. The van der Waals surface area contributed by atoms with Crippen LogP contribution in [0.5, 0.6) is 0 Å². The van der Waals surface area contributed by atoms with Gasteiger partial charge in [-0.2, -0.15) is 12.6 Å². The minimum absolute atomic E-state index is 0.0821. The van der Waals surface area contributed by atoms with E-state index in [1.165, 1.54) is 0 Å². The number of nitrogens with one attached hydrogen (secondary N) is 5. The van der Waals surface area contributed by atoms with E-state index in [4.69, 9.17) is 16.6 Å². The number of carboxylic acids is 2. The molecule has 1 aliphatic rings. The summed E-state index contributed by atoms with van der Waals surface area (Å²) in [5.41, 5.74) is 10.8. The van der Waals surface area contributed by atoms with Gasteiger partial charge in [0.2, 0.25) is 35.4 Å². The van der Waals surface area contributed by atoms with Crippen molar-refractivity contribution in [3.8, 4) is 0 Å². The van der Waals surface area contributed by atoms with Crippen molar-refractivity contribution in [3.05, 3.63) is 0 Å². The Morgan fingerprint density at radius 1 is 0.854 bits per heavy atom. The number of unbranched alkanes of at least 4 members (excludes halogenated alkanes) is 1. The molecule has 11 N–H and O–H groups in total. The third-order valence-electron chi connectivity index (χ3n) is 6.03. The first-order valence-corrected chi connectivity index (χ1v) is 13.5. The monoisotopic (exact) mass is 603 g/mol. The first kappa shape index (κ1) is 35.1. The summed E-state index contributed by atoms with van der Waals surface area (Å²) in [6.45, 7) is 0.365. The lowest BCUT2D eigenvalue weighted by atomic mass is 10.1. The van der Waals surface area contributed by atoms with Crippen LogP contribution in [0.2, 0.25) is 0 Å². The summed E-state index contributed by atoms with van der Waals surface area (Å²) >= 11 is 4.02. The van der Waals surface area contributed by atoms with Gasteiger partial charge < -0.3 is 48.3 Å². The van der Waals surface area contributed by atoms with Crippen LogP contribution < -0.4 is 38.1 Å². The molecule has 1 fully saturated rings. The second-order valence-corrected chi connectivity index (χ2v) is 9.67. The maximum Gasteiger partial charge on any atom is 0.305 e. The predicted molar refractivity (Wildman–Crippen MR) is 144 cm³/mol. The van der Waals surface area contributed by atoms with Gasteiger partial charge in [0.15, 0.2) is 0 Å². The van der Waals surface area contributed by atoms with Gasteiger partial charge in [0, 0.05) is 18.6 Å². The van der Waals surface area contributed by atoms with Crippen molar-refractivity contribution in [1.29, 1.82) is 0 Å². The largest absolute Gasteiger partial charge is 0.481 e. The van der Waals surface area contributed by atoms with Crippen molar-refractivity contribution >= 4 is 60.0 Å². The van der Waals surface area contributed by atoms with Crippen LogP contribution in [0.4, 0.5) is 0 Å². The normalized spacial score (nSPS) is 17.2. The van der Waals surface area contributed by atoms with Gasteiger partial charge in [0.05, 0.1) is 6.42 Å². The van der Waals surface area contributed by atoms with Gasteiger partial charge in [-0.3, -0.25) is 38.4 Å². The summed E-state index contributed by atoms with van der Waals surface area (Å²) < 4.78 is 0. The van der Waals surface area contributed by atoms with Gasteiger partial charge in [0.1, 0.15) is 30.2 Å². The molecular weight excluding hydrogens is 566 g/mol. The van der Waals surface area contributed by atoms with Gasteiger partial charge in [-0.15, -0.1) is 0 Å². The van der Waals surface area contributed by atoms with Crippen LogP contribution in [0.25, 0.3) is 0 Å². The van der Waals surface area contributed by atoms with E-state index in [1.807, 2.05) is 0 Å². The molecule has 0 aromatic rings. The molecule has 0 aliphatic carbocycles. The highest BCUT2D eigenvalue weighted by atomic mass is 32.1. The third kappa shape index (κ3) is 12.9. The number of carbonyl (C=O) groups excluding carboxylic acids is 6. The summed E-state index contributed by atoms with van der Waals surface area (Å²) in [4.78, 5) is 96.8. The maximum absolute atomic E-state index is 13.0. The Morgan fingerprint density at radius 2 is 1.44 bits per heavy atom. The molecule has 6 amide bonds. The highest BCUT2D eigenvalue weighted by molar-refractivity contribution is 7.80. The van der Waals surface area contributed by atoms with Crippen molar-refractivity contribution in [2.45, 2.75) is 81.6 Å². The number of aliphatic carboxylic acids is 2. The zero-order chi connectivity index (χ0) is 31.1. The van der Waals surface area contributed by atoms with Crippen molar-refractivity contribution in [2.75, 3.05) is 12.3 Å². The molecule has 0 unspecified atom stereocenters. The lowest BCUT2D eigenvalue weighted by Crippen LogP contribution is -2.59. The molecule has 5 atom stereocenters. The summed E-state index contributed by atoms with van der Waals surface area (Å²) in [5, 5.41) is 29.9. The number of thiol groups is 1. The van der Waals surface area contributed by atoms with E-state index in [0.29, 0.717) is 19.4 Å². The van der Waals surface area contributed by atoms with Crippen LogP contribution in [-0.2, 0) is 38.4 Å². The smallest absolute Gasteiger partial charge is 0.305 e. The number of hydrogen-bond donors (Lipinski definition) is 10. The molecule has 0 bridgehead atoms. The lowest BCUT2D eigenvalue weighted by molar-refractivity contribution is -0.141.